The molecule has 1 aliphatic carbocycles. The van der Waals surface area contributed by atoms with Gasteiger partial charge >= 0.3 is 5.97 Å². The van der Waals surface area contributed by atoms with Gasteiger partial charge in [-0.1, -0.05) is 18.2 Å². The van der Waals surface area contributed by atoms with Crippen LogP contribution >= 0.6 is 0 Å². The summed E-state index contributed by atoms with van der Waals surface area (Å²) in [6.07, 6.45) is 2.03. The average Bonchev–Trinajstić information content (AvgIpc) is 2.90. The van der Waals surface area contributed by atoms with Crippen molar-refractivity contribution >= 4 is 11.8 Å². The van der Waals surface area contributed by atoms with Gasteiger partial charge in [0.1, 0.15) is 17.3 Å². The molecular weight excluding hydrogens is 486 g/mol. The fraction of sp³-hybridized carbons (Fsp3) is 0.400. The molecule has 8 heteroatoms. The molecule has 0 aromatic heterocycles. The van der Waals surface area contributed by atoms with Crippen LogP contribution in [-0.2, 0) is 14.3 Å². The number of ketones is 1. The molecule has 1 aliphatic heterocycles. The number of nitrogens with one attached hydrogen (secondary N) is 1. The van der Waals surface area contributed by atoms with Gasteiger partial charge < -0.3 is 29.0 Å². The van der Waals surface area contributed by atoms with Crippen molar-refractivity contribution in [2.24, 2.45) is 5.92 Å². The van der Waals surface area contributed by atoms with Crippen LogP contribution in [0, 0.1) is 5.92 Å². The highest BCUT2D eigenvalue weighted by Crippen LogP contribution is 2.49. The summed E-state index contributed by atoms with van der Waals surface area (Å²) in [6.45, 7) is 5.44. The van der Waals surface area contributed by atoms with Gasteiger partial charge in [-0.05, 0) is 44.5 Å². The minimum Gasteiger partial charge on any atom is -0.497 e. The first-order valence-electron chi connectivity index (χ1n) is 12.6. The van der Waals surface area contributed by atoms with Gasteiger partial charge in [0.25, 0.3) is 0 Å². The van der Waals surface area contributed by atoms with Gasteiger partial charge in [0.05, 0.1) is 46.0 Å². The zero-order valence-electron chi connectivity index (χ0n) is 22.9. The fourth-order valence-corrected chi connectivity index (χ4v) is 5.33. The summed E-state index contributed by atoms with van der Waals surface area (Å²) in [7, 11) is 6.32. The predicted molar refractivity (Wildman–Crippen MR) is 143 cm³/mol. The van der Waals surface area contributed by atoms with Crippen molar-refractivity contribution in [2.75, 3.05) is 28.4 Å². The molecule has 3 unspecified atom stereocenters. The minimum atomic E-state index is -0.605. The van der Waals surface area contributed by atoms with Gasteiger partial charge in [0.2, 0.25) is 0 Å². The zero-order chi connectivity index (χ0) is 27.6. The molecule has 8 nitrogen and oxygen atoms in total. The number of carbonyl (C=O) groups is 2. The van der Waals surface area contributed by atoms with Gasteiger partial charge in [-0.25, -0.2) is 4.79 Å². The van der Waals surface area contributed by atoms with E-state index in [0.29, 0.717) is 34.3 Å². The van der Waals surface area contributed by atoms with E-state index in [9.17, 15) is 9.59 Å². The zero-order valence-corrected chi connectivity index (χ0v) is 22.9. The van der Waals surface area contributed by atoms with E-state index < -0.39 is 17.8 Å². The Labute approximate surface area is 223 Å². The van der Waals surface area contributed by atoms with Crippen LogP contribution in [0.2, 0.25) is 0 Å². The molecule has 2 aromatic carbocycles. The summed E-state index contributed by atoms with van der Waals surface area (Å²) in [6, 6.07) is 11.1. The van der Waals surface area contributed by atoms with Crippen molar-refractivity contribution in [2.45, 2.75) is 45.1 Å². The van der Waals surface area contributed by atoms with Crippen molar-refractivity contribution in [1.29, 1.82) is 0 Å². The number of hydrogen-bond acceptors (Lipinski definition) is 8. The fourth-order valence-electron chi connectivity index (χ4n) is 5.33. The third-order valence-corrected chi connectivity index (χ3v) is 7.04. The van der Waals surface area contributed by atoms with E-state index in [0.717, 1.165) is 16.8 Å². The molecule has 4 rings (SSSR count). The van der Waals surface area contributed by atoms with E-state index in [1.807, 2.05) is 37.3 Å². The van der Waals surface area contributed by atoms with Crippen LogP contribution in [0.5, 0.6) is 23.0 Å². The maximum absolute atomic E-state index is 13.9. The molecule has 0 radical (unpaired) electrons. The van der Waals surface area contributed by atoms with Gasteiger partial charge in [0, 0.05) is 41.3 Å². The highest BCUT2D eigenvalue weighted by Gasteiger charge is 2.46. The molecule has 0 saturated carbocycles. The number of ether oxygens (including phenoxy) is 5. The Morgan fingerprint density at radius 1 is 0.895 bits per heavy atom. The molecule has 1 N–H and O–H groups in total. The lowest BCUT2D eigenvalue weighted by Crippen LogP contribution is -2.42. The summed E-state index contributed by atoms with van der Waals surface area (Å²) >= 11 is 0. The van der Waals surface area contributed by atoms with Crippen LogP contribution in [0.25, 0.3) is 0 Å². The Hall–Kier alpha value is -3.94. The first-order chi connectivity index (χ1) is 18.2. The Bertz CT molecular complexity index is 1290. The van der Waals surface area contributed by atoms with Gasteiger partial charge in [0.15, 0.2) is 11.5 Å². The van der Waals surface area contributed by atoms with Crippen LogP contribution in [0.1, 0.15) is 50.2 Å². The van der Waals surface area contributed by atoms with Crippen LogP contribution in [0.3, 0.4) is 0 Å². The lowest BCUT2D eigenvalue weighted by molar-refractivity contribution is -0.143. The number of Topliss-reactive ketones (excluding diaryl/α,β-unsaturated/α-hetero) is 1. The maximum Gasteiger partial charge on any atom is 0.336 e. The number of methoxy groups -OCH3 is 4. The number of allylic oxidation sites excluding steroid dienone is 3. The normalized spacial score (nSPS) is 20.8. The van der Waals surface area contributed by atoms with Gasteiger partial charge in [-0.3, -0.25) is 4.79 Å². The second-order valence-electron chi connectivity index (χ2n) is 9.69. The second kappa shape index (κ2) is 11.2. The molecule has 0 bridgehead atoms. The molecule has 0 spiro atoms. The molecule has 3 atom stereocenters. The predicted octanol–water partition coefficient (Wildman–Crippen LogP) is 4.89. The largest absolute Gasteiger partial charge is 0.497 e. The average molecular weight is 522 g/mol. The maximum atomic E-state index is 13.9. The smallest absolute Gasteiger partial charge is 0.336 e. The van der Waals surface area contributed by atoms with Crippen molar-refractivity contribution in [1.82, 2.24) is 5.32 Å². The van der Waals surface area contributed by atoms with Crippen molar-refractivity contribution < 1.29 is 33.3 Å². The third-order valence-electron chi connectivity index (χ3n) is 7.04. The molecule has 0 amide bonds. The number of carbonyl (C=O) groups excluding carboxylic acids is 2. The topological polar surface area (TPSA) is 92.3 Å². The van der Waals surface area contributed by atoms with Crippen molar-refractivity contribution in [3.8, 4) is 23.0 Å². The van der Waals surface area contributed by atoms with Gasteiger partial charge in [-0.15, -0.1) is 0 Å². The van der Waals surface area contributed by atoms with E-state index in [1.165, 1.54) is 0 Å². The number of rotatable bonds is 8. The van der Waals surface area contributed by atoms with Crippen molar-refractivity contribution in [3.63, 3.8) is 0 Å². The molecule has 2 aliphatic rings. The van der Waals surface area contributed by atoms with Crippen LogP contribution in [0.4, 0.5) is 0 Å². The molecule has 1 heterocycles. The Morgan fingerprint density at radius 2 is 1.61 bits per heavy atom. The highest BCUT2D eigenvalue weighted by molar-refractivity contribution is 5.96. The molecule has 0 saturated heterocycles. The lowest BCUT2D eigenvalue weighted by Gasteiger charge is -2.40. The third kappa shape index (κ3) is 5.08. The number of fused-ring (bicyclic) bond motifs is 1. The Kier molecular flexibility index (Phi) is 7.99. The molecule has 38 heavy (non-hydrogen) atoms. The number of esters is 1. The van der Waals surface area contributed by atoms with E-state index in [1.54, 1.807) is 48.4 Å². The molecular formula is C30H35NO7. The Morgan fingerprint density at radius 3 is 2.24 bits per heavy atom. The number of hydrogen-bond donors (Lipinski definition) is 1. The first-order valence-corrected chi connectivity index (χ1v) is 12.6. The van der Waals surface area contributed by atoms with Crippen LogP contribution in [0.15, 0.2) is 59.4 Å². The van der Waals surface area contributed by atoms with E-state index >= 15 is 0 Å². The van der Waals surface area contributed by atoms with Crippen molar-refractivity contribution in [3.05, 3.63) is 70.6 Å². The quantitative estimate of drug-likeness (QED) is 0.491. The summed E-state index contributed by atoms with van der Waals surface area (Å²) in [5, 5.41) is 3.36. The number of benzene rings is 2. The molecule has 202 valence electrons. The van der Waals surface area contributed by atoms with Crippen LogP contribution in [-0.4, -0.2) is 46.3 Å². The first kappa shape index (κ1) is 27.1. The summed E-state index contributed by atoms with van der Waals surface area (Å²) in [4.78, 5) is 27.3. The second-order valence-corrected chi connectivity index (χ2v) is 9.69. The monoisotopic (exact) mass is 521 g/mol. The highest BCUT2D eigenvalue weighted by atomic mass is 16.5. The standard InChI is InChI=1S/C30H35NO7/c1-16(2)38-30(33)27-17(3)31-22-12-19(18-8-11-24(35-5)26(14-18)37-7)13-23(32)29(22)28(27)21-10-9-20(34-4)15-25(21)36-6/h8-12,14-16,19,28-29,31H,13H2,1-7H3. The van der Waals surface area contributed by atoms with Gasteiger partial charge in [-0.2, -0.15) is 0 Å². The Balaban J connectivity index is 1.85. The van der Waals surface area contributed by atoms with Crippen LogP contribution < -0.4 is 24.3 Å². The SMILES string of the molecule is COc1ccc(C2C(C(=O)OC(C)C)=C(C)NC3=CC(c4ccc(OC)c(OC)c4)CC(=O)C32)c(OC)c1. The molecule has 2 aromatic rings. The summed E-state index contributed by atoms with van der Waals surface area (Å²) in [5.74, 6) is 0.571. The molecule has 0 fully saturated rings. The van der Waals surface area contributed by atoms with E-state index in [2.05, 4.69) is 11.4 Å². The minimum absolute atomic E-state index is 0.0139. The van der Waals surface area contributed by atoms with E-state index in [4.69, 9.17) is 23.7 Å². The summed E-state index contributed by atoms with van der Waals surface area (Å²) in [5.41, 5.74) is 3.47. The lowest BCUT2D eigenvalue weighted by atomic mass is 9.68. The summed E-state index contributed by atoms with van der Waals surface area (Å²) < 4.78 is 27.6. The van der Waals surface area contributed by atoms with E-state index in [-0.39, 0.29) is 24.2 Å².